The van der Waals surface area contributed by atoms with E-state index >= 15 is 0 Å². The minimum atomic E-state index is -3.67. The first-order chi connectivity index (χ1) is 12.1. The summed E-state index contributed by atoms with van der Waals surface area (Å²) in [6, 6.07) is 20.3. The zero-order valence-electron chi connectivity index (χ0n) is 13.6. The number of hydrogen-bond acceptors (Lipinski definition) is 3. The number of rotatable bonds is 8. The second-order valence-electron chi connectivity index (χ2n) is 5.62. The Kier molecular flexibility index (Phi) is 5.60. The van der Waals surface area contributed by atoms with Gasteiger partial charge in [0.25, 0.3) is 10.2 Å². The highest BCUT2D eigenvalue weighted by atomic mass is 32.2. The first kappa shape index (κ1) is 17.3. The number of hydrogen-bond donors (Lipinski definition) is 2. The molecule has 1 atom stereocenters. The fourth-order valence-electron chi connectivity index (χ4n) is 2.49. The maximum atomic E-state index is 12.5. The van der Waals surface area contributed by atoms with Crippen LogP contribution < -0.4 is 9.44 Å². The molecule has 0 fully saturated rings. The van der Waals surface area contributed by atoms with Crippen molar-refractivity contribution >= 4 is 10.2 Å². The molecule has 0 spiro atoms. The van der Waals surface area contributed by atoms with Crippen LogP contribution >= 0.6 is 0 Å². The average Bonchev–Trinajstić information content (AvgIpc) is 3.14. The first-order valence-electron chi connectivity index (χ1n) is 7.95. The van der Waals surface area contributed by atoms with Crippen LogP contribution in [0.25, 0.3) is 0 Å². The van der Waals surface area contributed by atoms with Gasteiger partial charge in [0.15, 0.2) is 0 Å². The minimum Gasteiger partial charge on any atom is -0.271 e. The van der Waals surface area contributed by atoms with Gasteiger partial charge in [-0.2, -0.15) is 23.0 Å². The van der Waals surface area contributed by atoms with Crippen molar-refractivity contribution in [3.63, 3.8) is 0 Å². The molecule has 2 N–H and O–H groups in total. The monoisotopic (exact) mass is 356 g/mol. The van der Waals surface area contributed by atoms with E-state index in [1.165, 1.54) is 0 Å². The van der Waals surface area contributed by atoms with Crippen LogP contribution in [0.3, 0.4) is 0 Å². The number of nitrogens with zero attached hydrogens (tertiary/aromatic N) is 2. The summed E-state index contributed by atoms with van der Waals surface area (Å²) < 4.78 is 31.9. The van der Waals surface area contributed by atoms with Crippen molar-refractivity contribution in [3.8, 4) is 0 Å². The zero-order valence-corrected chi connectivity index (χ0v) is 14.4. The van der Waals surface area contributed by atoms with Crippen molar-refractivity contribution in [3.05, 3.63) is 90.3 Å². The summed E-state index contributed by atoms with van der Waals surface area (Å²) in [6.45, 7) is 0.642. The van der Waals surface area contributed by atoms with Gasteiger partial charge in [-0.15, -0.1) is 0 Å². The van der Waals surface area contributed by atoms with Gasteiger partial charge in [0.1, 0.15) is 0 Å². The lowest BCUT2D eigenvalue weighted by Gasteiger charge is -2.19. The molecule has 0 radical (unpaired) electrons. The van der Waals surface area contributed by atoms with Crippen LogP contribution in [0.2, 0.25) is 0 Å². The Morgan fingerprint density at radius 3 is 2.28 bits per heavy atom. The highest BCUT2D eigenvalue weighted by molar-refractivity contribution is 7.87. The van der Waals surface area contributed by atoms with Crippen LogP contribution in [0, 0.1) is 0 Å². The molecule has 0 aliphatic rings. The van der Waals surface area contributed by atoms with Gasteiger partial charge in [-0.25, -0.2) is 0 Å². The van der Waals surface area contributed by atoms with Gasteiger partial charge < -0.3 is 0 Å². The van der Waals surface area contributed by atoms with E-state index in [0.717, 1.165) is 11.1 Å². The van der Waals surface area contributed by atoms with Crippen LogP contribution in [0.1, 0.15) is 17.2 Å². The van der Waals surface area contributed by atoms with E-state index in [2.05, 4.69) is 14.5 Å². The van der Waals surface area contributed by atoms with Crippen molar-refractivity contribution in [2.75, 3.05) is 0 Å². The van der Waals surface area contributed by atoms with E-state index in [0.29, 0.717) is 6.54 Å². The molecule has 0 saturated heterocycles. The molecule has 1 heterocycles. The summed E-state index contributed by atoms with van der Waals surface area (Å²) >= 11 is 0. The topological polar surface area (TPSA) is 76.0 Å². The molecule has 1 aromatic heterocycles. The molecule has 3 aromatic rings. The van der Waals surface area contributed by atoms with Crippen LogP contribution in [0.5, 0.6) is 0 Å². The van der Waals surface area contributed by atoms with Crippen molar-refractivity contribution in [2.24, 2.45) is 0 Å². The first-order valence-corrected chi connectivity index (χ1v) is 9.44. The second-order valence-corrected chi connectivity index (χ2v) is 7.15. The molecule has 0 amide bonds. The van der Waals surface area contributed by atoms with Gasteiger partial charge in [-0.3, -0.25) is 4.68 Å². The van der Waals surface area contributed by atoms with Gasteiger partial charge in [0.2, 0.25) is 0 Å². The van der Waals surface area contributed by atoms with Gasteiger partial charge in [0, 0.05) is 18.9 Å². The third kappa shape index (κ3) is 5.25. The van der Waals surface area contributed by atoms with Gasteiger partial charge in [-0.1, -0.05) is 60.7 Å². The Labute approximate surface area is 147 Å². The highest BCUT2D eigenvalue weighted by Gasteiger charge is 2.19. The smallest absolute Gasteiger partial charge is 0.271 e. The van der Waals surface area contributed by atoms with Crippen LogP contribution in [0.15, 0.2) is 79.1 Å². The van der Waals surface area contributed by atoms with Crippen LogP contribution in [-0.4, -0.2) is 18.2 Å². The number of benzene rings is 2. The van der Waals surface area contributed by atoms with Gasteiger partial charge in [-0.05, 0) is 17.2 Å². The minimum absolute atomic E-state index is 0.236. The number of aromatic nitrogens is 2. The summed E-state index contributed by atoms with van der Waals surface area (Å²) in [4.78, 5) is 0. The van der Waals surface area contributed by atoms with Crippen molar-refractivity contribution in [2.45, 2.75) is 19.1 Å². The maximum Gasteiger partial charge on any atom is 0.277 e. The highest BCUT2D eigenvalue weighted by Crippen LogP contribution is 2.15. The SMILES string of the molecule is O=S(=O)(NCc1ccccc1)N[C@@H](Cn1cccn1)c1ccccc1. The van der Waals surface area contributed by atoms with Gasteiger partial charge >= 0.3 is 0 Å². The summed E-state index contributed by atoms with van der Waals surface area (Å²) in [7, 11) is -3.67. The van der Waals surface area contributed by atoms with Crippen molar-refractivity contribution < 1.29 is 8.42 Å². The third-order valence-electron chi connectivity index (χ3n) is 3.74. The maximum absolute atomic E-state index is 12.5. The zero-order chi connectivity index (χ0) is 17.5. The van der Waals surface area contributed by atoms with E-state index in [-0.39, 0.29) is 6.54 Å². The predicted molar refractivity (Wildman–Crippen MR) is 96.7 cm³/mol. The molecular formula is C18H20N4O2S. The molecule has 0 saturated carbocycles. The van der Waals surface area contributed by atoms with E-state index in [4.69, 9.17) is 0 Å². The molecular weight excluding hydrogens is 336 g/mol. The predicted octanol–water partition coefficient (Wildman–Crippen LogP) is 2.25. The van der Waals surface area contributed by atoms with Gasteiger partial charge in [0.05, 0.1) is 12.6 Å². The molecule has 3 rings (SSSR count). The van der Waals surface area contributed by atoms with E-state index < -0.39 is 16.3 Å². The molecule has 7 heteroatoms. The summed E-state index contributed by atoms with van der Waals surface area (Å²) in [5.41, 5.74) is 1.78. The average molecular weight is 356 g/mol. The Hall–Kier alpha value is -2.48. The molecule has 0 aliphatic heterocycles. The summed E-state index contributed by atoms with van der Waals surface area (Å²) in [6.07, 6.45) is 3.48. The molecule has 0 unspecified atom stereocenters. The molecule has 0 bridgehead atoms. The Morgan fingerprint density at radius 1 is 0.960 bits per heavy atom. The summed E-state index contributed by atoms with van der Waals surface area (Å²) in [5.74, 6) is 0. The molecule has 130 valence electrons. The lowest BCUT2D eigenvalue weighted by Crippen LogP contribution is -2.40. The van der Waals surface area contributed by atoms with E-state index in [9.17, 15) is 8.42 Å². The molecule has 0 aliphatic carbocycles. The fraction of sp³-hybridized carbons (Fsp3) is 0.167. The fourth-order valence-corrected chi connectivity index (χ4v) is 3.52. The Balaban J connectivity index is 1.72. The van der Waals surface area contributed by atoms with Crippen LogP contribution in [0.4, 0.5) is 0 Å². The lowest BCUT2D eigenvalue weighted by molar-refractivity contribution is 0.478. The molecule has 25 heavy (non-hydrogen) atoms. The summed E-state index contributed by atoms with van der Waals surface area (Å²) in [5, 5.41) is 4.17. The standard InChI is InChI=1S/C18H20N4O2S/c23-25(24,20-14-16-8-3-1-4-9-16)21-18(15-22-13-7-12-19-22)17-10-5-2-6-11-17/h1-13,18,20-21H,14-15H2/t18-/m0/s1. The van der Waals surface area contributed by atoms with E-state index in [1.54, 1.807) is 10.9 Å². The second kappa shape index (κ2) is 8.06. The molecule has 6 nitrogen and oxygen atoms in total. The Bertz CT molecular complexity index is 866. The quantitative estimate of drug-likeness (QED) is 0.650. The van der Waals surface area contributed by atoms with Crippen LogP contribution in [-0.2, 0) is 23.3 Å². The van der Waals surface area contributed by atoms with E-state index in [1.807, 2.05) is 72.9 Å². The normalized spacial score (nSPS) is 12.8. The largest absolute Gasteiger partial charge is 0.277 e. The lowest BCUT2D eigenvalue weighted by atomic mass is 10.1. The molecule has 2 aromatic carbocycles. The van der Waals surface area contributed by atoms with Crippen molar-refractivity contribution in [1.82, 2.24) is 19.2 Å². The Morgan fingerprint density at radius 2 is 1.64 bits per heavy atom. The number of nitrogens with one attached hydrogen (secondary N) is 2. The third-order valence-corrected chi connectivity index (χ3v) is 4.86. The van der Waals surface area contributed by atoms with Crippen molar-refractivity contribution in [1.29, 1.82) is 0 Å².